The number of carbonyl (C=O) groups is 1. The molecule has 31 heavy (non-hydrogen) atoms. The van der Waals surface area contributed by atoms with Crippen LogP contribution in [0.2, 0.25) is 0 Å². The fourth-order valence-corrected chi connectivity index (χ4v) is 6.70. The van der Waals surface area contributed by atoms with Crippen molar-refractivity contribution in [2.75, 3.05) is 13.2 Å². The van der Waals surface area contributed by atoms with Gasteiger partial charge in [0.1, 0.15) is 18.0 Å². The third-order valence-electron chi connectivity index (χ3n) is 7.98. The van der Waals surface area contributed by atoms with E-state index in [-0.39, 0.29) is 34.9 Å². The topological polar surface area (TPSA) is 62.6 Å². The number of benzene rings is 1. The van der Waals surface area contributed by atoms with Crippen LogP contribution in [0, 0.1) is 23.2 Å². The van der Waals surface area contributed by atoms with Crippen LogP contribution in [0.25, 0.3) is 0 Å². The normalized spacial score (nSPS) is 35.8. The van der Waals surface area contributed by atoms with E-state index >= 15 is 0 Å². The third-order valence-corrected chi connectivity index (χ3v) is 8.56. The molecule has 1 saturated heterocycles. The molecule has 1 aliphatic carbocycles. The van der Waals surface area contributed by atoms with Crippen LogP contribution in [-0.4, -0.2) is 34.6 Å². The van der Waals surface area contributed by atoms with Gasteiger partial charge in [0.2, 0.25) is 0 Å². The molecule has 1 aromatic heterocycles. The highest BCUT2D eigenvalue weighted by molar-refractivity contribution is 9.10. The van der Waals surface area contributed by atoms with E-state index < -0.39 is 5.97 Å². The number of aromatic nitrogens is 2. The molecule has 1 saturated carbocycles. The predicted molar refractivity (Wildman–Crippen MR) is 119 cm³/mol. The summed E-state index contributed by atoms with van der Waals surface area (Å²) in [6.07, 6.45) is 2.72. The number of esters is 1. The fourth-order valence-electron chi connectivity index (χ4n) is 6.22. The number of rotatable bonds is 4. The van der Waals surface area contributed by atoms with Crippen LogP contribution < -0.4 is 4.74 Å². The van der Waals surface area contributed by atoms with Crippen molar-refractivity contribution in [3.05, 3.63) is 46.2 Å². The molecule has 0 N–H and O–H groups in total. The first kappa shape index (κ1) is 21.0. The Morgan fingerprint density at radius 3 is 2.87 bits per heavy atom. The molecule has 6 atom stereocenters. The number of nitrogens with zero attached hydrogens (tertiary/aromatic N) is 2. The number of fused-ring (bicyclic) bond motifs is 3. The fraction of sp³-hybridized carbons (Fsp3) is 0.583. The second kappa shape index (κ2) is 7.34. The summed E-state index contributed by atoms with van der Waals surface area (Å²) in [6.45, 7) is 10.3. The minimum atomic E-state index is -0.395. The molecule has 6 nitrogen and oxygen atoms in total. The maximum absolute atomic E-state index is 12.8. The summed E-state index contributed by atoms with van der Waals surface area (Å²) in [5.41, 5.74) is 0.912. The Morgan fingerprint density at radius 2 is 2.13 bits per heavy atom. The van der Waals surface area contributed by atoms with Crippen LogP contribution in [-0.2, 0) is 16.0 Å². The molecule has 1 aromatic carbocycles. The first-order valence-electron chi connectivity index (χ1n) is 11.1. The molecule has 3 aliphatic rings. The Kier molecular flexibility index (Phi) is 4.97. The Morgan fingerprint density at radius 1 is 1.35 bits per heavy atom. The Bertz CT molecular complexity index is 1020. The summed E-state index contributed by atoms with van der Waals surface area (Å²) in [5, 5.41) is 4.33. The SMILES string of the molecule is CCn1cc(Br)c(C(=O)OC[C@@]23CO[C@@H]4c5ccccc5O[C@](C)(C[C@H]2C)[C@H]4[C@@H]3C)n1. The van der Waals surface area contributed by atoms with Gasteiger partial charge in [-0.25, -0.2) is 4.79 Å². The number of hydrogen-bond acceptors (Lipinski definition) is 5. The Labute approximate surface area is 191 Å². The molecular formula is C24H29BrN2O4. The van der Waals surface area contributed by atoms with Gasteiger partial charge in [-0.1, -0.05) is 32.0 Å². The molecule has 0 unspecified atom stereocenters. The first-order chi connectivity index (χ1) is 14.8. The van der Waals surface area contributed by atoms with E-state index in [1.54, 1.807) is 10.9 Å². The molecule has 5 rings (SSSR count). The van der Waals surface area contributed by atoms with Crippen molar-refractivity contribution in [3.8, 4) is 5.75 Å². The van der Waals surface area contributed by atoms with E-state index in [1.165, 1.54) is 0 Å². The van der Waals surface area contributed by atoms with E-state index in [9.17, 15) is 4.79 Å². The molecule has 0 radical (unpaired) electrons. The number of ether oxygens (including phenoxy) is 3. The highest BCUT2D eigenvalue weighted by Crippen LogP contribution is 2.63. The van der Waals surface area contributed by atoms with E-state index in [0.29, 0.717) is 29.9 Å². The van der Waals surface area contributed by atoms with Crippen molar-refractivity contribution >= 4 is 21.9 Å². The number of aryl methyl sites for hydroxylation is 1. The summed E-state index contributed by atoms with van der Waals surface area (Å²) >= 11 is 3.43. The average molecular weight is 489 g/mol. The second-order valence-electron chi connectivity index (χ2n) is 9.59. The van der Waals surface area contributed by atoms with Crippen LogP contribution >= 0.6 is 15.9 Å². The van der Waals surface area contributed by atoms with Gasteiger partial charge in [0.05, 0.1) is 17.2 Å². The third kappa shape index (κ3) is 3.07. The van der Waals surface area contributed by atoms with Crippen molar-refractivity contribution < 1.29 is 19.0 Å². The van der Waals surface area contributed by atoms with Crippen LogP contribution in [0.5, 0.6) is 5.75 Å². The molecule has 0 amide bonds. The standard InChI is InChI=1S/C24H29BrN2O4/c1-5-27-11-17(25)20(26-27)22(28)30-13-24-12-29-21-16-8-6-7-9-18(16)31-23(4,10-14(24)2)19(21)15(24)3/h6-9,11,14-15,19,21H,5,10,12-13H2,1-4H3/t14-,15+,19+,21-,23-,24+/m1/s1. The zero-order valence-electron chi connectivity index (χ0n) is 18.4. The van der Waals surface area contributed by atoms with E-state index in [4.69, 9.17) is 14.2 Å². The Balaban J connectivity index is 1.42. The van der Waals surface area contributed by atoms with Gasteiger partial charge >= 0.3 is 5.97 Å². The summed E-state index contributed by atoms with van der Waals surface area (Å²) in [5.74, 6) is 1.30. The predicted octanol–water partition coefficient (Wildman–Crippen LogP) is 5.02. The van der Waals surface area contributed by atoms with Crippen molar-refractivity contribution in [1.29, 1.82) is 0 Å². The van der Waals surface area contributed by atoms with E-state index in [1.807, 2.05) is 25.1 Å². The van der Waals surface area contributed by atoms with Crippen molar-refractivity contribution in [1.82, 2.24) is 9.78 Å². The molecule has 3 heterocycles. The number of para-hydroxylation sites is 1. The highest BCUT2D eigenvalue weighted by atomic mass is 79.9. The molecule has 2 bridgehead atoms. The molecule has 7 heteroatoms. The minimum Gasteiger partial charge on any atom is -0.487 e. The van der Waals surface area contributed by atoms with Gasteiger partial charge in [-0.05, 0) is 54.1 Å². The molecule has 2 fully saturated rings. The summed E-state index contributed by atoms with van der Waals surface area (Å²) in [6, 6.07) is 8.21. The lowest BCUT2D eigenvalue weighted by Crippen LogP contribution is -2.66. The highest BCUT2D eigenvalue weighted by Gasteiger charge is 2.64. The summed E-state index contributed by atoms with van der Waals surface area (Å²) in [7, 11) is 0. The van der Waals surface area contributed by atoms with Gasteiger partial charge in [0, 0.05) is 29.6 Å². The summed E-state index contributed by atoms with van der Waals surface area (Å²) in [4.78, 5) is 12.8. The van der Waals surface area contributed by atoms with Crippen LogP contribution in [0.4, 0.5) is 0 Å². The maximum atomic E-state index is 12.8. The molecule has 166 valence electrons. The second-order valence-corrected chi connectivity index (χ2v) is 10.4. The van der Waals surface area contributed by atoms with Gasteiger partial charge in [0.15, 0.2) is 5.69 Å². The van der Waals surface area contributed by atoms with Crippen molar-refractivity contribution in [3.63, 3.8) is 0 Å². The van der Waals surface area contributed by atoms with E-state index in [2.05, 4.69) is 47.9 Å². The number of halogens is 1. The monoisotopic (exact) mass is 488 g/mol. The zero-order valence-corrected chi connectivity index (χ0v) is 20.0. The molecular weight excluding hydrogens is 460 g/mol. The van der Waals surface area contributed by atoms with Crippen molar-refractivity contribution in [2.24, 2.45) is 23.2 Å². The largest absolute Gasteiger partial charge is 0.487 e. The van der Waals surface area contributed by atoms with E-state index in [0.717, 1.165) is 17.7 Å². The van der Waals surface area contributed by atoms with Gasteiger partial charge in [-0.2, -0.15) is 5.10 Å². The zero-order chi connectivity index (χ0) is 22.0. The van der Waals surface area contributed by atoms with Gasteiger partial charge in [0.25, 0.3) is 0 Å². The van der Waals surface area contributed by atoms with Crippen molar-refractivity contribution in [2.45, 2.75) is 52.4 Å². The number of carbonyl (C=O) groups excluding carboxylic acids is 1. The van der Waals surface area contributed by atoms with Crippen LogP contribution in [0.3, 0.4) is 0 Å². The smallest absolute Gasteiger partial charge is 0.360 e. The lowest BCUT2D eigenvalue weighted by atomic mass is 9.50. The first-order valence-corrected chi connectivity index (χ1v) is 11.9. The lowest BCUT2D eigenvalue weighted by molar-refractivity contribution is -0.259. The minimum absolute atomic E-state index is 0.00988. The maximum Gasteiger partial charge on any atom is 0.360 e. The van der Waals surface area contributed by atoms with Crippen LogP contribution in [0.15, 0.2) is 34.9 Å². The lowest BCUT2D eigenvalue weighted by Gasteiger charge is -2.63. The molecule has 2 aliphatic heterocycles. The Hall–Kier alpha value is -1.86. The quantitative estimate of drug-likeness (QED) is 0.565. The van der Waals surface area contributed by atoms with Crippen LogP contribution in [0.1, 0.15) is 56.3 Å². The van der Waals surface area contributed by atoms with Gasteiger partial charge < -0.3 is 14.2 Å². The van der Waals surface area contributed by atoms with Gasteiger partial charge in [-0.15, -0.1) is 0 Å². The summed E-state index contributed by atoms with van der Waals surface area (Å²) < 4.78 is 21.4. The molecule has 2 aromatic rings. The number of hydrogen-bond donors (Lipinski definition) is 0. The average Bonchev–Trinajstić information content (AvgIpc) is 3.12. The van der Waals surface area contributed by atoms with Gasteiger partial charge in [-0.3, -0.25) is 4.68 Å². The molecule has 0 spiro atoms.